The van der Waals surface area contributed by atoms with Crippen molar-refractivity contribution in [2.75, 3.05) is 19.7 Å². The van der Waals surface area contributed by atoms with Gasteiger partial charge in [0, 0.05) is 30.7 Å². The monoisotopic (exact) mass is 238 g/mol. The molecule has 1 heterocycles. The average molecular weight is 238 g/mol. The normalized spacial score (nSPS) is 36.4. The fourth-order valence-corrected chi connectivity index (χ4v) is 3.61. The number of hydrogen-bond acceptors (Lipinski definition) is 3. The number of likely N-dealkylation sites (tertiary alicyclic amines) is 1. The number of nitrogens with zero attached hydrogens (tertiary/aromatic N) is 1. The van der Waals surface area contributed by atoms with Crippen LogP contribution in [0.5, 0.6) is 0 Å². The number of aliphatic hydroxyl groups is 1. The molecule has 3 atom stereocenters. The van der Waals surface area contributed by atoms with Gasteiger partial charge in [0.1, 0.15) is 0 Å². The van der Waals surface area contributed by atoms with Crippen LogP contribution >= 0.6 is 0 Å². The summed E-state index contributed by atoms with van der Waals surface area (Å²) in [5.41, 5.74) is -0.0526. The van der Waals surface area contributed by atoms with Gasteiger partial charge in [-0.3, -0.25) is 0 Å². The molecule has 1 saturated heterocycles. The van der Waals surface area contributed by atoms with E-state index in [1.165, 1.54) is 38.6 Å². The van der Waals surface area contributed by atoms with Crippen molar-refractivity contribution in [3.05, 3.63) is 0 Å². The maximum atomic E-state index is 9.59. The van der Waals surface area contributed by atoms with Gasteiger partial charge in [-0.05, 0) is 51.4 Å². The van der Waals surface area contributed by atoms with Crippen molar-refractivity contribution >= 4 is 0 Å². The molecule has 0 radical (unpaired) electrons. The number of aliphatic hydroxyl groups excluding tert-OH is 1. The molecule has 98 valence electrons. The molecular formula is C14H26N2O. The molecule has 2 aliphatic carbocycles. The molecule has 0 amide bonds. The SMILES string of the molecule is CC(CO)(CCN1CC2CCC1C2)NC1CC1. The van der Waals surface area contributed by atoms with Crippen LogP contribution in [-0.2, 0) is 0 Å². The third-order valence-corrected chi connectivity index (χ3v) is 4.95. The van der Waals surface area contributed by atoms with Crippen LogP contribution in [0.2, 0.25) is 0 Å². The first-order valence-electron chi connectivity index (χ1n) is 7.31. The van der Waals surface area contributed by atoms with Gasteiger partial charge in [-0.2, -0.15) is 0 Å². The lowest BCUT2D eigenvalue weighted by Gasteiger charge is -2.34. The van der Waals surface area contributed by atoms with Crippen molar-refractivity contribution in [1.82, 2.24) is 10.2 Å². The number of fused-ring (bicyclic) bond motifs is 2. The van der Waals surface area contributed by atoms with Gasteiger partial charge in [-0.15, -0.1) is 0 Å². The van der Waals surface area contributed by atoms with Crippen LogP contribution in [0.1, 0.15) is 45.4 Å². The molecule has 0 spiro atoms. The van der Waals surface area contributed by atoms with Crippen molar-refractivity contribution in [2.45, 2.75) is 63.1 Å². The minimum atomic E-state index is -0.0526. The Labute approximate surface area is 105 Å². The van der Waals surface area contributed by atoms with Crippen molar-refractivity contribution in [3.8, 4) is 0 Å². The summed E-state index contributed by atoms with van der Waals surface area (Å²) >= 11 is 0. The second-order valence-electron chi connectivity index (χ2n) is 6.72. The summed E-state index contributed by atoms with van der Waals surface area (Å²) < 4.78 is 0. The van der Waals surface area contributed by atoms with Crippen LogP contribution in [-0.4, -0.2) is 47.3 Å². The Hall–Kier alpha value is -0.120. The second-order valence-corrected chi connectivity index (χ2v) is 6.72. The number of piperidine rings is 1. The van der Waals surface area contributed by atoms with E-state index in [1.54, 1.807) is 0 Å². The summed E-state index contributed by atoms with van der Waals surface area (Å²) in [4.78, 5) is 2.66. The molecule has 0 aromatic heterocycles. The summed E-state index contributed by atoms with van der Waals surface area (Å²) in [7, 11) is 0. The van der Waals surface area contributed by atoms with Crippen LogP contribution in [0.25, 0.3) is 0 Å². The topological polar surface area (TPSA) is 35.5 Å². The van der Waals surface area contributed by atoms with Gasteiger partial charge in [0.25, 0.3) is 0 Å². The highest BCUT2D eigenvalue weighted by atomic mass is 16.3. The summed E-state index contributed by atoms with van der Waals surface area (Å²) in [6.45, 7) is 4.93. The van der Waals surface area contributed by atoms with Crippen LogP contribution in [0.3, 0.4) is 0 Å². The zero-order valence-corrected chi connectivity index (χ0v) is 11.0. The largest absolute Gasteiger partial charge is 0.394 e. The van der Waals surface area contributed by atoms with Crippen molar-refractivity contribution in [3.63, 3.8) is 0 Å². The highest BCUT2D eigenvalue weighted by molar-refractivity contribution is 4.96. The summed E-state index contributed by atoms with van der Waals surface area (Å²) in [6.07, 6.45) is 7.98. The van der Waals surface area contributed by atoms with Crippen LogP contribution in [0.15, 0.2) is 0 Å². The molecule has 0 aromatic carbocycles. The number of nitrogens with one attached hydrogen (secondary N) is 1. The van der Waals surface area contributed by atoms with E-state index in [4.69, 9.17) is 0 Å². The van der Waals surface area contributed by atoms with Gasteiger partial charge in [0.2, 0.25) is 0 Å². The minimum absolute atomic E-state index is 0.0526. The van der Waals surface area contributed by atoms with E-state index >= 15 is 0 Å². The van der Waals surface area contributed by atoms with E-state index in [9.17, 15) is 5.11 Å². The predicted octanol–water partition coefficient (Wildman–Crippen LogP) is 1.36. The van der Waals surface area contributed by atoms with Gasteiger partial charge in [0.05, 0.1) is 6.61 Å². The molecule has 1 aliphatic heterocycles. The standard InChI is InChI=1S/C14H26N2O/c1-14(10-17,15-12-3-4-12)6-7-16-9-11-2-5-13(16)8-11/h11-13,15,17H,2-10H2,1H3. The molecule has 2 N–H and O–H groups in total. The lowest BCUT2D eigenvalue weighted by Crippen LogP contribution is -2.49. The molecular weight excluding hydrogens is 212 g/mol. The van der Waals surface area contributed by atoms with Crippen LogP contribution in [0.4, 0.5) is 0 Å². The second kappa shape index (κ2) is 4.52. The lowest BCUT2D eigenvalue weighted by atomic mass is 9.97. The first kappa shape index (κ1) is 11.9. The van der Waals surface area contributed by atoms with E-state index in [1.807, 2.05) is 0 Å². The van der Waals surface area contributed by atoms with Crippen molar-refractivity contribution in [1.29, 1.82) is 0 Å². The third-order valence-electron chi connectivity index (χ3n) is 4.95. The summed E-state index contributed by atoms with van der Waals surface area (Å²) in [5.74, 6) is 0.983. The Kier molecular flexibility index (Phi) is 3.18. The molecule has 3 fully saturated rings. The van der Waals surface area contributed by atoms with Crippen molar-refractivity contribution < 1.29 is 5.11 Å². The van der Waals surface area contributed by atoms with Crippen LogP contribution < -0.4 is 5.32 Å². The highest BCUT2D eigenvalue weighted by Crippen LogP contribution is 2.37. The van der Waals surface area contributed by atoms with Crippen LogP contribution in [0, 0.1) is 5.92 Å². The van der Waals surface area contributed by atoms with Gasteiger partial charge in [0.15, 0.2) is 0 Å². The Morgan fingerprint density at radius 3 is 2.65 bits per heavy atom. The Balaban J connectivity index is 1.48. The molecule has 3 aliphatic rings. The molecule has 17 heavy (non-hydrogen) atoms. The quantitative estimate of drug-likeness (QED) is 0.733. The molecule has 2 saturated carbocycles. The molecule has 3 rings (SSSR count). The fourth-order valence-electron chi connectivity index (χ4n) is 3.61. The van der Waals surface area contributed by atoms with Gasteiger partial charge >= 0.3 is 0 Å². The number of hydrogen-bond donors (Lipinski definition) is 2. The maximum Gasteiger partial charge on any atom is 0.0611 e. The third kappa shape index (κ3) is 2.67. The zero-order valence-electron chi connectivity index (χ0n) is 11.0. The Morgan fingerprint density at radius 2 is 2.12 bits per heavy atom. The van der Waals surface area contributed by atoms with E-state index < -0.39 is 0 Å². The number of rotatable bonds is 6. The molecule has 3 heteroatoms. The zero-order chi connectivity index (χ0) is 11.9. The minimum Gasteiger partial charge on any atom is -0.394 e. The Morgan fingerprint density at radius 1 is 1.29 bits per heavy atom. The smallest absolute Gasteiger partial charge is 0.0611 e. The molecule has 2 bridgehead atoms. The molecule has 0 aromatic rings. The first-order valence-corrected chi connectivity index (χ1v) is 7.31. The first-order chi connectivity index (χ1) is 8.18. The summed E-state index contributed by atoms with van der Waals surface area (Å²) in [6, 6.07) is 1.55. The lowest BCUT2D eigenvalue weighted by molar-refractivity contribution is 0.132. The summed E-state index contributed by atoms with van der Waals surface area (Å²) in [5, 5.41) is 13.2. The van der Waals surface area contributed by atoms with E-state index in [2.05, 4.69) is 17.1 Å². The Bertz CT molecular complexity index is 279. The highest BCUT2D eigenvalue weighted by Gasteiger charge is 2.39. The molecule has 3 nitrogen and oxygen atoms in total. The van der Waals surface area contributed by atoms with Crippen molar-refractivity contribution in [2.24, 2.45) is 5.92 Å². The molecule has 3 unspecified atom stereocenters. The van der Waals surface area contributed by atoms with Gasteiger partial charge in [-0.25, -0.2) is 0 Å². The van der Waals surface area contributed by atoms with Gasteiger partial charge in [-0.1, -0.05) is 0 Å². The fraction of sp³-hybridized carbons (Fsp3) is 1.00. The van der Waals surface area contributed by atoms with E-state index in [-0.39, 0.29) is 12.1 Å². The van der Waals surface area contributed by atoms with E-state index in [0.717, 1.165) is 24.9 Å². The average Bonchev–Trinajstić information content (AvgIpc) is 2.90. The maximum absolute atomic E-state index is 9.59. The van der Waals surface area contributed by atoms with E-state index in [0.29, 0.717) is 6.04 Å². The predicted molar refractivity (Wildman–Crippen MR) is 69.0 cm³/mol. The van der Waals surface area contributed by atoms with Gasteiger partial charge < -0.3 is 15.3 Å².